The molecular formula is C22H29NO2. The van der Waals surface area contributed by atoms with Gasteiger partial charge < -0.3 is 0 Å². The van der Waals surface area contributed by atoms with Gasteiger partial charge in [0.05, 0.1) is 6.07 Å². The molecule has 0 aromatic carbocycles. The molecular weight excluding hydrogens is 310 g/mol. The van der Waals surface area contributed by atoms with Crippen molar-refractivity contribution in [3.05, 3.63) is 11.6 Å². The van der Waals surface area contributed by atoms with E-state index in [1.54, 1.807) is 6.08 Å². The standard InChI is InChI=1S/C22H29NO2/c1-13-11-22(3)15(10-18(13)24)4-6-16-17-7-5-14(8-9-23)21(17,2)12-19(25)20(16)22/h8,13,15-17,20H,4-7,10-12H2,1-3H3/b14-8-/t13-,15?,16-,17?,20?,21+,22?/m0/s1. The SMILES string of the molecule is C[C@H]1CC2(C)C(CC[C@@H]3C2C(=O)C[C@]2(C)/C(=C\C#N)CCC32)CC1=O. The molecule has 0 aromatic heterocycles. The van der Waals surface area contributed by atoms with Crippen molar-refractivity contribution >= 4 is 11.6 Å². The van der Waals surface area contributed by atoms with Gasteiger partial charge in [0.25, 0.3) is 0 Å². The van der Waals surface area contributed by atoms with Gasteiger partial charge >= 0.3 is 0 Å². The Morgan fingerprint density at radius 2 is 1.92 bits per heavy atom. The number of allylic oxidation sites excluding steroid dienone is 2. The molecule has 0 heterocycles. The van der Waals surface area contributed by atoms with E-state index in [1.165, 1.54) is 5.57 Å². The number of carbonyl (C=O) groups is 2. The van der Waals surface area contributed by atoms with Crippen LogP contribution in [0.25, 0.3) is 0 Å². The average molecular weight is 339 g/mol. The van der Waals surface area contributed by atoms with Gasteiger partial charge in [-0.15, -0.1) is 0 Å². The molecule has 7 atom stereocenters. The van der Waals surface area contributed by atoms with E-state index in [9.17, 15) is 9.59 Å². The Morgan fingerprint density at radius 1 is 1.16 bits per heavy atom. The van der Waals surface area contributed by atoms with Gasteiger partial charge in [0, 0.05) is 30.8 Å². The van der Waals surface area contributed by atoms with E-state index in [4.69, 9.17) is 5.26 Å². The third-order valence-electron chi connectivity index (χ3n) is 8.58. The molecule has 4 rings (SSSR count). The summed E-state index contributed by atoms with van der Waals surface area (Å²) in [5, 5.41) is 9.14. The largest absolute Gasteiger partial charge is 0.299 e. The van der Waals surface area contributed by atoms with Crippen LogP contribution in [0.2, 0.25) is 0 Å². The molecule has 134 valence electrons. The van der Waals surface area contributed by atoms with E-state index >= 15 is 0 Å². The van der Waals surface area contributed by atoms with Crippen LogP contribution in [0.5, 0.6) is 0 Å². The van der Waals surface area contributed by atoms with Gasteiger partial charge in [-0.1, -0.05) is 26.3 Å². The van der Waals surface area contributed by atoms with Crippen molar-refractivity contribution in [2.45, 2.75) is 65.7 Å². The lowest BCUT2D eigenvalue weighted by Crippen LogP contribution is -2.57. The van der Waals surface area contributed by atoms with E-state index in [2.05, 4.69) is 19.9 Å². The van der Waals surface area contributed by atoms with Crippen molar-refractivity contribution in [2.75, 3.05) is 0 Å². The molecule has 0 radical (unpaired) electrons. The summed E-state index contributed by atoms with van der Waals surface area (Å²) in [6.07, 6.45) is 8.13. The topological polar surface area (TPSA) is 57.9 Å². The molecule has 0 amide bonds. The van der Waals surface area contributed by atoms with E-state index in [0.717, 1.165) is 32.1 Å². The molecule has 0 saturated heterocycles. The Labute approximate surface area is 150 Å². The monoisotopic (exact) mass is 339 g/mol. The minimum Gasteiger partial charge on any atom is -0.299 e. The molecule has 4 fully saturated rings. The molecule has 3 heteroatoms. The molecule has 0 aromatic rings. The van der Waals surface area contributed by atoms with Crippen LogP contribution < -0.4 is 0 Å². The summed E-state index contributed by atoms with van der Waals surface area (Å²) < 4.78 is 0. The summed E-state index contributed by atoms with van der Waals surface area (Å²) in [5.74, 6) is 2.39. The minimum atomic E-state index is -0.104. The van der Waals surface area contributed by atoms with Crippen LogP contribution in [0.15, 0.2) is 11.6 Å². The summed E-state index contributed by atoms with van der Waals surface area (Å²) in [6.45, 7) is 6.58. The Kier molecular flexibility index (Phi) is 3.76. The highest BCUT2D eigenvalue weighted by Crippen LogP contribution is 2.66. The van der Waals surface area contributed by atoms with E-state index in [-0.39, 0.29) is 22.7 Å². The number of nitriles is 1. The average Bonchev–Trinajstić information content (AvgIpc) is 2.85. The summed E-state index contributed by atoms with van der Waals surface area (Å²) in [5.41, 5.74) is 1.09. The number of fused-ring (bicyclic) bond motifs is 5. The second kappa shape index (κ2) is 5.53. The van der Waals surface area contributed by atoms with Gasteiger partial charge in [-0.2, -0.15) is 5.26 Å². The van der Waals surface area contributed by atoms with Crippen molar-refractivity contribution in [1.29, 1.82) is 5.26 Å². The highest BCUT2D eigenvalue weighted by atomic mass is 16.1. The number of nitrogens with zero attached hydrogens (tertiary/aromatic N) is 1. The Bertz CT molecular complexity index is 701. The molecule has 0 aliphatic heterocycles. The van der Waals surface area contributed by atoms with Gasteiger partial charge in [-0.25, -0.2) is 0 Å². The predicted molar refractivity (Wildman–Crippen MR) is 95.4 cm³/mol. The second-order valence-electron chi connectivity index (χ2n) is 9.70. The van der Waals surface area contributed by atoms with Crippen molar-refractivity contribution in [1.82, 2.24) is 0 Å². The van der Waals surface area contributed by atoms with Crippen LogP contribution in [-0.4, -0.2) is 11.6 Å². The fourth-order valence-corrected chi connectivity index (χ4v) is 7.39. The number of carbonyl (C=O) groups excluding carboxylic acids is 2. The number of hydrogen-bond acceptors (Lipinski definition) is 3. The summed E-state index contributed by atoms with van der Waals surface area (Å²) in [4.78, 5) is 25.6. The highest BCUT2D eigenvalue weighted by Gasteiger charge is 2.62. The van der Waals surface area contributed by atoms with E-state index in [0.29, 0.717) is 42.2 Å². The quantitative estimate of drug-likeness (QED) is 0.612. The normalized spacial score (nSPS) is 50.8. The highest BCUT2D eigenvalue weighted by molar-refractivity contribution is 5.86. The Hall–Kier alpha value is -1.43. The van der Waals surface area contributed by atoms with Crippen LogP contribution in [0.4, 0.5) is 0 Å². The lowest BCUT2D eigenvalue weighted by molar-refractivity contribution is -0.160. The van der Waals surface area contributed by atoms with Crippen molar-refractivity contribution in [3.8, 4) is 6.07 Å². The molecule has 4 unspecified atom stereocenters. The molecule has 0 bridgehead atoms. The maximum absolute atomic E-state index is 13.4. The smallest absolute Gasteiger partial charge is 0.137 e. The molecule has 4 saturated carbocycles. The summed E-state index contributed by atoms with van der Waals surface area (Å²) >= 11 is 0. The first-order valence-electron chi connectivity index (χ1n) is 9.96. The minimum absolute atomic E-state index is 0.00362. The Morgan fingerprint density at radius 3 is 2.64 bits per heavy atom. The fourth-order valence-electron chi connectivity index (χ4n) is 7.39. The van der Waals surface area contributed by atoms with E-state index in [1.807, 2.05) is 6.92 Å². The predicted octanol–water partition coefficient (Wildman–Crippen LogP) is 4.47. The maximum atomic E-state index is 13.4. The molecule has 25 heavy (non-hydrogen) atoms. The first-order chi connectivity index (χ1) is 11.8. The first-order valence-corrected chi connectivity index (χ1v) is 9.96. The fraction of sp³-hybridized carbons (Fsp3) is 0.773. The van der Waals surface area contributed by atoms with Crippen LogP contribution in [-0.2, 0) is 9.59 Å². The number of hydrogen-bond donors (Lipinski definition) is 0. The molecule has 0 spiro atoms. The lowest BCUT2D eigenvalue weighted by atomic mass is 9.44. The molecule has 3 nitrogen and oxygen atoms in total. The third-order valence-corrected chi connectivity index (χ3v) is 8.58. The van der Waals surface area contributed by atoms with Crippen molar-refractivity contribution in [3.63, 3.8) is 0 Å². The lowest BCUT2D eigenvalue weighted by Gasteiger charge is -2.59. The van der Waals surface area contributed by atoms with Crippen LogP contribution in [0.1, 0.15) is 65.7 Å². The second-order valence-corrected chi connectivity index (χ2v) is 9.70. The number of ketones is 2. The van der Waals surface area contributed by atoms with Crippen molar-refractivity contribution < 1.29 is 9.59 Å². The van der Waals surface area contributed by atoms with Crippen LogP contribution >= 0.6 is 0 Å². The first kappa shape index (κ1) is 17.0. The number of rotatable bonds is 0. The molecule has 0 N–H and O–H groups in total. The zero-order valence-corrected chi connectivity index (χ0v) is 15.7. The van der Waals surface area contributed by atoms with Gasteiger partial charge in [-0.05, 0) is 60.7 Å². The van der Waals surface area contributed by atoms with Crippen molar-refractivity contribution in [2.24, 2.45) is 40.4 Å². The van der Waals surface area contributed by atoms with Gasteiger partial charge in [-0.3, -0.25) is 9.59 Å². The van der Waals surface area contributed by atoms with E-state index < -0.39 is 0 Å². The summed E-state index contributed by atoms with van der Waals surface area (Å²) in [6, 6.07) is 2.21. The van der Waals surface area contributed by atoms with Gasteiger partial charge in [0.1, 0.15) is 11.6 Å². The van der Waals surface area contributed by atoms with Gasteiger partial charge in [0.15, 0.2) is 0 Å². The van der Waals surface area contributed by atoms with Gasteiger partial charge in [0.2, 0.25) is 0 Å². The number of Topliss-reactive ketones (excluding diaryl/α,β-unsaturated/α-hetero) is 2. The zero-order valence-electron chi connectivity index (χ0n) is 15.7. The van der Waals surface area contributed by atoms with Crippen LogP contribution in [0, 0.1) is 51.8 Å². The maximum Gasteiger partial charge on any atom is 0.137 e. The third kappa shape index (κ3) is 2.22. The van der Waals surface area contributed by atoms with Crippen LogP contribution in [0.3, 0.4) is 0 Å². The Balaban J connectivity index is 1.72. The molecule has 4 aliphatic carbocycles. The summed E-state index contributed by atoms with van der Waals surface area (Å²) in [7, 11) is 0. The zero-order chi connectivity index (χ0) is 18.0. The molecule has 4 aliphatic rings.